The summed E-state index contributed by atoms with van der Waals surface area (Å²) in [5.74, 6) is -0.404. The fourth-order valence-electron chi connectivity index (χ4n) is 1.61. The minimum absolute atomic E-state index is 0.144. The summed E-state index contributed by atoms with van der Waals surface area (Å²) in [5.41, 5.74) is 1.07. The van der Waals surface area contributed by atoms with E-state index in [-0.39, 0.29) is 10.6 Å². The van der Waals surface area contributed by atoms with Gasteiger partial charge < -0.3 is 5.32 Å². The second kappa shape index (κ2) is 6.11. The lowest BCUT2D eigenvalue weighted by Gasteiger charge is -2.09. The predicted molar refractivity (Wildman–Crippen MR) is 82.1 cm³/mol. The molecule has 0 unspecified atom stereocenters. The number of nitrogens with one attached hydrogen (secondary N) is 2. The first-order valence-electron chi connectivity index (χ1n) is 5.84. The average Bonchev–Trinajstić information content (AvgIpc) is 2.37. The van der Waals surface area contributed by atoms with Crippen molar-refractivity contribution < 1.29 is 13.2 Å². The molecule has 110 valence electrons. The van der Waals surface area contributed by atoms with Gasteiger partial charge in [0, 0.05) is 11.9 Å². The third-order valence-corrected chi connectivity index (χ3v) is 3.36. The Bertz CT molecular complexity index is 763. The Hall–Kier alpha value is -2.12. The Labute approximate surface area is 127 Å². The van der Waals surface area contributed by atoms with Crippen LogP contribution in [-0.4, -0.2) is 25.6 Å². The van der Waals surface area contributed by atoms with Crippen molar-refractivity contribution >= 4 is 38.9 Å². The van der Waals surface area contributed by atoms with Crippen LogP contribution in [0.2, 0.25) is 5.02 Å². The van der Waals surface area contributed by atoms with Crippen LogP contribution in [0, 0.1) is 0 Å². The van der Waals surface area contributed by atoms with E-state index >= 15 is 0 Å². The first-order chi connectivity index (χ1) is 9.85. The maximum atomic E-state index is 12.1. The first-order valence-corrected chi connectivity index (χ1v) is 8.11. The molecule has 1 amide bonds. The molecule has 8 heteroatoms. The van der Waals surface area contributed by atoms with Gasteiger partial charge in [0.1, 0.15) is 0 Å². The topological polar surface area (TPSA) is 88.2 Å². The van der Waals surface area contributed by atoms with Crippen LogP contribution in [0.5, 0.6) is 0 Å². The number of halogens is 1. The van der Waals surface area contributed by atoms with Crippen molar-refractivity contribution in [3.63, 3.8) is 0 Å². The summed E-state index contributed by atoms with van der Waals surface area (Å²) in [6.45, 7) is 0. The highest BCUT2D eigenvalue weighted by Gasteiger charge is 2.12. The summed E-state index contributed by atoms with van der Waals surface area (Å²) in [6.07, 6.45) is 4.13. The number of sulfonamides is 1. The van der Waals surface area contributed by atoms with Crippen LogP contribution >= 0.6 is 11.6 Å². The molecule has 0 saturated heterocycles. The zero-order chi connectivity index (χ0) is 15.5. The monoisotopic (exact) mass is 325 g/mol. The lowest BCUT2D eigenvalue weighted by atomic mass is 10.2. The third-order valence-electron chi connectivity index (χ3n) is 2.44. The van der Waals surface area contributed by atoms with Crippen LogP contribution in [0.3, 0.4) is 0 Å². The minimum Gasteiger partial charge on any atom is -0.321 e. The lowest BCUT2D eigenvalue weighted by Crippen LogP contribution is -2.13. The van der Waals surface area contributed by atoms with E-state index < -0.39 is 15.9 Å². The molecule has 2 aromatic rings. The van der Waals surface area contributed by atoms with Crippen LogP contribution < -0.4 is 10.0 Å². The highest BCUT2D eigenvalue weighted by atomic mass is 35.5. The molecule has 21 heavy (non-hydrogen) atoms. The second-order valence-electron chi connectivity index (χ2n) is 4.26. The molecular formula is C13H12ClN3O3S. The van der Waals surface area contributed by atoms with Crippen molar-refractivity contribution in [2.75, 3.05) is 16.3 Å². The zero-order valence-electron chi connectivity index (χ0n) is 11.0. The summed E-state index contributed by atoms with van der Waals surface area (Å²) >= 11 is 6.01. The zero-order valence-corrected chi connectivity index (χ0v) is 12.6. The van der Waals surface area contributed by atoms with Gasteiger partial charge in [-0.2, -0.15) is 0 Å². The van der Waals surface area contributed by atoms with Crippen LogP contribution in [0.1, 0.15) is 10.4 Å². The van der Waals surface area contributed by atoms with Gasteiger partial charge in [0.05, 0.1) is 28.7 Å². The molecule has 6 nitrogen and oxygen atoms in total. The minimum atomic E-state index is -3.39. The highest BCUT2D eigenvalue weighted by molar-refractivity contribution is 7.92. The number of nitrogens with zero attached hydrogens (tertiary/aromatic N) is 1. The number of benzene rings is 1. The standard InChI is InChI=1S/C13H12ClN3O3S/c1-21(19,20)17-9-4-5-11(12(14)7-9)13(18)16-10-3-2-6-15-8-10/h2-8,17H,1H3,(H,16,18). The number of pyridine rings is 1. The van der Waals surface area contributed by atoms with Gasteiger partial charge in [0.25, 0.3) is 5.91 Å². The molecule has 0 aliphatic carbocycles. The number of hydrogen-bond donors (Lipinski definition) is 2. The van der Waals surface area contributed by atoms with Gasteiger partial charge in [-0.1, -0.05) is 11.6 Å². The Morgan fingerprint density at radius 1 is 1.24 bits per heavy atom. The van der Waals surface area contributed by atoms with Crippen molar-refractivity contribution in [3.05, 3.63) is 53.3 Å². The largest absolute Gasteiger partial charge is 0.321 e. The predicted octanol–water partition coefficient (Wildman–Crippen LogP) is 2.36. The normalized spacial score (nSPS) is 11.0. The molecule has 0 fully saturated rings. The Morgan fingerprint density at radius 3 is 2.57 bits per heavy atom. The number of amides is 1. The number of anilines is 2. The van der Waals surface area contributed by atoms with Gasteiger partial charge in [0.2, 0.25) is 10.0 Å². The molecule has 0 aliphatic heterocycles. The fraction of sp³-hybridized carbons (Fsp3) is 0.0769. The summed E-state index contributed by atoms with van der Waals surface area (Å²) in [4.78, 5) is 16.0. The van der Waals surface area contributed by atoms with E-state index in [0.717, 1.165) is 6.26 Å². The van der Waals surface area contributed by atoms with E-state index in [4.69, 9.17) is 11.6 Å². The lowest BCUT2D eigenvalue weighted by molar-refractivity contribution is 0.102. The number of aromatic nitrogens is 1. The Morgan fingerprint density at radius 2 is 2.00 bits per heavy atom. The van der Waals surface area contributed by atoms with Crippen molar-refractivity contribution in [1.82, 2.24) is 4.98 Å². The van der Waals surface area contributed by atoms with Crippen LogP contribution in [-0.2, 0) is 10.0 Å². The van der Waals surface area contributed by atoms with Gasteiger partial charge in [-0.25, -0.2) is 8.42 Å². The van der Waals surface area contributed by atoms with Gasteiger partial charge in [-0.3, -0.25) is 14.5 Å². The fourth-order valence-corrected chi connectivity index (χ4v) is 2.43. The smallest absolute Gasteiger partial charge is 0.257 e. The molecule has 0 aliphatic rings. The van der Waals surface area contributed by atoms with E-state index in [9.17, 15) is 13.2 Å². The average molecular weight is 326 g/mol. The molecular weight excluding hydrogens is 314 g/mol. The Balaban J connectivity index is 2.19. The third kappa shape index (κ3) is 4.44. The highest BCUT2D eigenvalue weighted by Crippen LogP contribution is 2.22. The summed E-state index contributed by atoms with van der Waals surface area (Å²) in [6, 6.07) is 7.67. The van der Waals surface area contributed by atoms with Crippen LogP contribution in [0.4, 0.5) is 11.4 Å². The number of carbonyl (C=O) groups is 1. The summed E-state index contributed by atoms with van der Waals surface area (Å²) in [5, 5.41) is 2.79. The van der Waals surface area contributed by atoms with E-state index in [2.05, 4.69) is 15.0 Å². The maximum absolute atomic E-state index is 12.1. The molecule has 2 rings (SSSR count). The van der Waals surface area contributed by atoms with Gasteiger partial charge >= 0.3 is 0 Å². The van der Waals surface area contributed by atoms with Gasteiger partial charge in [-0.15, -0.1) is 0 Å². The first kappa shape index (κ1) is 15.3. The summed E-state index contributed by atoms with van der Waals surface area (Å²) in [7, 11) is -3.39. The quantitative estimate of drug-likeness (QED) is 0.903. The molecule has 1 heterocycles. The van der Waals surface area contributed by atoms with E-state index in [1.54, 1.807) is 18.3 Å². The molecule has 0 saturated carbocycles. The van der Waals surface area contributed by atoms with E-state index in [1.807, 2.05) is 0 Å². The number of hydrogen-bond acceptors (Lipinski definition) is 4. The summed E-state index contributed by atoms with van der Waals surface area (Å²) < 4.78 is 24.5. The van der Waals surface area contributed by atoms with E-state index in [0.29, 0.717) is 11.4 Å². The van der Waals surface area contributed by atoms with Crippen molar-refractivity contribution in [2.24, 2.45) is 0 Å². The Kier molecular flexibility index (Phi) is 4.44. The van der Waals surface area contributed by atoms with Crippen LogP contribution in [0.25, 0.3) is 0 Å². The number of carbonyl (C=O) groups excluding carboxylic acids is 1. The molecule has 1 aromatic carbocycles. The maximum Gasteiger partial charge on any atom is 0.257 e. The van der Waals surface area contributed by atoms with Crippen molar-refractivity contribution in [3.8, 4) is 0 Å². The van der Waals surface area contributed by atoms with Crippen LogP contribution in [0.15, 0.2) is 42.7 Å². The molecule has 1 aromatic heterocycles. The molecule has 0 bridgehead atoms. The molecule has 0 spiro atoms. The second-order valence-corrected chi connectivity index (χ2v) is 6.42. The van der Waals surface area contributed by atoms with Gasteiger partial charge in [0.15, 0.2) is 0 Å². The van der Waals surface area contributed by atoms with Crippen molar-refractivity contribution in [2.45, 2.75) is 0 Å². The SMILES string of the molecule is CS(=O)(=O)Nc1ccc(C(=O)Nc2cccnc2)c(Cl)c1. The molecule has 2 N–H and O–H groups in total. The van der Waals surface area contributed by atoms with Gasteiger partial charge in [-0.05, 0) is 30.3 Å². The van der Waals surface area contributed by atoms with E-state index in [1.165, 1.54) is 24.4 Å². The molecule has 0 radical (unpaired) electrons. The number of rotatable bonds is 4. The molecule has 0 atom stereocenters. The van der Waals surface area contributed by atoms with Crippen molar-refractivity contribution in [1.29, 1.82) is 0 Å².